The van der Waals surface area contributed by atoms with Crippen molar-refractivity contribution in [3.63, 3.8) is 0 Å². The number of hydrogen-bond acceptors (Lipinski definition) is 4. The summed E-state index contributed by atoms with van der Waals surface area (Å²) in [7, 11) is 1.41. The quantitative estimate of drug-likeness (QED) is 0.519. The lowest BCUT2D eigenvalue weighted by molar-refractivity contribution is -0.151. The summed E-state index contributed by atoms with van der Waals surface area (Å²) in [5, 5.41) is 0.832. The number of esters is 1. The second kappa shape index (κ2) is 7.97. The van der Waals surface area contributed by atoms with E-state index in [-0.39, 0.29) is 12.4 Å². The van der Waals surface area contributed by atoms with Gasteiger partial charge in [-0.05, 0) is 12.0 Å². The monoisotopic (exact) mass is 351 g/mol. The van der Waals surface area contributed by atoms with Gasteiger partial charge in [0.2, 0.25) is 5.78 Å². The Morgan fingerprint density at radius 3 is 2.54 bits per heavy atom. The Hall–Kier alpha value is -2.92. The second-order valence-corrected chi connectivity index (χ2v) is 5.97. The maximum atomic E-state index is 13.2. The molecule has 3 aromatic rings. The molecular formula is C21H21NO4. The van der Waals surface area contributed by atoms with Crippen LogP contribution < -0.4 is 0 Å². The first-order valence-corrected chi connectivity index (χ1v) is 8.52. The van der Waals surface area contributed by atoms with Crippen LogP contribution in [0.1, 0.15) is 34.5 Å². The van der Waals surface area contributed by atoms with Gasteiger partial charge in [-0.3, -0.25) is 4.79 Å². The van der Waals surface area contributed by atoms with Crippen molar-refractivity contribution >= 4 is 22.7 Å². The number of carbonyl (C=O) groups is 2. The number of para-hydroxylation sites is 1. The van der Waals surface area contributed by atoms with E-state index in [4.69, 9.17) is 9.47 Å². The number of ether oxygens (including phenoxy) is 2. The normalized spacial score (nSPS) is 12.1. The third-order valence-electron chi connectivity index (χ3n) is 4.30. The van der Waals surface area contributed by atoms with Gasteiger partial charge < -0.3 is 14.5 Å². The molecule has 0 aliphatic carbocycles. The molecule has 1 N–H and O–H groups in total. The summed E-state index contributed by atoms with van der Waals surface area (Å²) in [6, 6.07) is 14.9. The zero-order valence-electron chi connectivity index (χ0n) is 14.8. The van der Waals surface area contributed by atoms with Crippen LogP contribution in [0.2, 0.25) is 0 Å². The molecule has 0 saturated carbocycles. The average Bonchev–Trinajstić information content (AvgIpc) is 3.10. The number of H-pyrrole nitrogens is 1. The minimum absolute atomic E-state index is 0.204. The smallest absolute Gasteiger partial charge is 0.333 e. The molecule has 26 heavy (non-hydrogen) atoms. The zero-order chi connectivity index (χ0) is 18.5. The van der Waals surface area contributed by atoms with E-state index in [9.17, 15) is 9.59 Å². The van der Waals surface area contributed by atoms with Crippen molar-refractivity contribution in [3.8, 4) is 0 Å². The highest BCUT2D eigenvalue weighted by Crippen LogP contribution is 2.28. The summed E-state index contributed by atoms with van der Waals surface area (Å²) < 4.78 is 10.3. The van der Waals surface area contributed by atoms with Crippen molar-refractivity contribution < 1.29 is 19.1 Å². The number of aryl methyl sites for hydroxylation is 1. The molecule has 2 aromatic carbocycles. The molecule has 5 heteroatoms. The molecule has 0 saturated heterocycles. The molecule has 0 spiro atoms. The van der Waals surface area contributed by atoms with E-state index in [1.54, 1.807) is 18.3 Å². The SMILES string of the molecule is CCc1cccc2c(C(=O)[C@H](OC(=O)COC)c3ccccc3)c[nH]c12. The first-order chi connectivity index (χ1) is 12.7. The Morgan fingerprint density at radius 2 is 1.85 bits per heavy atom. The Balaban J connectivity index is 2.01. The summed E-state index contributed by atoms with van der Waals surface area (Å²) in [6.07, 6.45) is 1.53. The highest BCUT2D eigenvalue weighted by Gasteiger charge is 2.28. The summed E-state index contributed by atoms with van der Waals surface area (Å²) in [4.78, 5) is 28.4. The summed E-state index contributed by atoms with van der Waals surface area (Å²) in [5.74, 6) is -0.844. The Labute approximate surface area is 151 Å². The standard InChI is InChI=1S/C21H21NO4/c1-3-14-10-7-11-16-17(12-22-19(14)16)20(24)21(26-18(23)13-25-2)15-8-5-4-6-9-15/h4-12,21-22H,3,13H2,1-2H3/t21-/m1/s1. The van der Waals surface area contributed by atoms with Crippen LogP contribution in [0.5, 0.6) is 0 Å². The zero-order valence-corrected chi connectivity index (χ0v) is 14.8. The number of carbonyl (C=O) groups excluding carboxylic acids is 2. The van der Waals surface area contributed by atoms with E-state index in [2.05, 4.69) is 11.9 Å². The van der Waals surface area contributed by atoms with Crippen molar-refractivity contribution in [2.75, 3.05) is 13.7 Å². The molecule has 1 aromatic heterocycles. The summed E-state index contributed by atoms with van der Waals surface area (Å²) in [5.41, 5.74) is 3.21. The third kappa shape index (κ3) is 3.53. The maximum absolute atomic E-state index is 13.2. The third-order valence-corrected chi connectivity index (χ3v) is 4.30. The first kappa shape index (κ1) is 17.9. The predicted octanol–water partition coefficient (Wildman–Crippen LogP) is 3.84. The molecule has 0 amide bonds. The first-order valence-electron chi connectivity index (χ1n) is 8.52. The molecule has 0 bridgehead atoms. The van der Waals surface area contributed by atoms with Crippen LogP contribution in [-0.2, 0) is 20.7 Å². The lowest BCUT2D eigenvalue weighted by Gasteiger charge is -2.17. The number of benzene rings is 2. The van der Waals surface area contributed by atoms with Gasteiger partial charge in [0.1, 0.15) is 6.61 Å². The summed E-state index contributed by atoms with van der Waals surface area (Å²) >= 11 is 0. The largest absolute Gasteiger partial charge is 0.447 e. The minimum atomic E-state index is -1.01. The van der Waals surface area contributed by atoms with Gasteiger partial charge in [-0.25, -0.2) is 4.79 Å². The van der Waals surface area contributed by atoms with Crippen molar-refractivity contribution in [3.05, 3.63) is 71.4 Å². The Morgan fingerprint density at radius 1 is 1.08 bits per heavy atom. The van der Waals surface area contributed by atoms with Crippen molar-refractivity contribution in [2.45, 2.75) is 19.4 Å². The molecular weight excluding hydrogens is 330 g/mol. The van der Waals surface area contributed by atoms with Crippen LogP contribution in [0.15, 0.2) is 54.7 Å². The number of hydrogen-bond donors (Lipinski definition) is 1. The van der Waals surface area contributed by atoms with Gasteiger partial charge >= 0.3 is 5.97 Å². The van der Waals surface area contributed by atoms with E-state index in [0.717, 1.165) is 22.9 Å². The number of aromatic amines is 1. The second-order valence-electron chi connectivity index (χ2n) is 5.97. The number of methoxy groups -OCH3 is 1. The fourth-order valence-electron chi connectivity index (χ4n) is 3.04. The number of nitrogens with one attached hydrogen (secondary N) is 1. The summed E-state index contributed by atoms with van der Waals surface area (Å²) in [6.45, 7) is 1.86. The number of fused-ring (bicyclic) bond motifs is 1. The van der Waals surface area contributed by atoms with E-state index in [1.165, 1.54) is 7.11 Å². The van der Waals surface area contributed by atoms with Gasteiger partial charge in [-0.2, -0.15) is 0 Å². The van der Waals surface area contributed by atoms with Crippen molar-refractivity contribution in [1.82, 2.24) is 4.98 Å². The average molecular weight is 351 g/mol. The van der Waals surface area contributed by atoms with Gasteiger partial charge in [0.15, 0.2) is 6.10 Å². The lowest BCUT2D eigenvalue weighted by Crippen LogP contribution is -2.22. The topological polar surface area (TPSA) is 68.4 Å². The van der Waals surface area contributed by atoms with Gasteiger partial charge in [0.05, 0.1) is 0 Å². The molecule has 0 unspecified atom stereocenters. The molecule has 3 rings (SSSR count). The van der Waals surface area contributed by atoms with Gasteiger partial charge in [0.25, 0.3) is 0 Å². The molecule has 5 nitrogen and oxygen atoms in total. The van der Waals surface area contributed by atoms with Crippen LogP contribution in [0.25, 0.3) is 10.9 Å². The minimum Gasteiger partial charge on any atom is -0.447 e. The van der Waals surface area contributed by atoms with Crippen LogP contribution in [0.4, 0.5) is 0 Å². The van der Waals surface area contributed by atoms with Gasteiger partial charge in [-0.1, -0.05) is 55.5 Å². The molecule has 134 valence electrons. The fourth-order valence-corrected chi connectivity index (χ4v) is 3.04. The molecule has 0 radical (unpaired) electrons. The number of aromatic nitrogens is 1. The predicted molar refractivity (Wildman–Crippen MR) is 99.2 cm³/mol. The highest BCUT2D eigenvalue weighted by atomic mass is 16.6. The highest BCUT2D eigenvalue weighted by molar-refractivity contribution is 6.11. The van der Waals surface area contributed by atoms with Crippen molar-refractivity contribution in [1.29, 1.82) is 0 Å². The van der Waals surface area contributed by atoms with E-state index >= 15 is 0 Å². The fraction of sp³-hybridized carbons (Fsp3) is 0.238. The lowest BCUT2D eigenvalue weighted by atomic mass is 9.98. The maximum Gasteiger partial charge on any atom is 0.333 e. The van der Waals surface area contributed by atoms with E-state index in [0.29, 0.717) is 11.1 Å². The molecule has 0 aliphatic heterocycles. The molecule has 0 aliphatic rings. The van der Waals surface area contributed by atoms with E-state index in [1.807, 2.05) is 36.4 Å². The van der Waals surface area contributed by atoms with Gasteiger partial charge in [-0.15, -0.1) is 0 Å². The Kier molecular flexibility index (Phi) is 5.49. The van der Waals surface area contributed by atoms with Gasteiger partial charge in [0, 0.05) is 35.3 Å². The van der Waals surface area contributed by atoms with Crippen LogP contribution in [0, 0.1) is 0 Å². The van der Waals surface area contributed by atoms with E-state index < -0.39 is 12.1 Å². The number of rotatable bonds is 7. The Bertz CT molecular complexity index is 914. The van der Waals surface area contributed by atoms with Crippen molar-refractivity contribution in [2.24, 2.45) is 0 Å². The molecule has 1 atom stereocenters. The van der Waals surface area contributed by atoms with Crippen LogP contribution in [0.3, 0.4) is 0 Å². The molecule has 1 heterocycles. The van der Waals surface area contributed by atoms with Crippen LogP contribution in [-0.4, -0.2) is 30.5 Å². The number of ketones is 1. The number of Topliss-reactive ketones (excluding diaryl/α,β-unsaturated/α-hetero) is 1. The molecule has 0 fully saturated rings. The van der Waals surface area contributed by atoms with Crippen LogP contribution >= 0.6 is 0 Å².